The Morgan fingerprint density at radius 1 is 1.13 bits per heavy atom. The molecule has 0 heterocycles. The zero-order valence-corrected chi connectivity index (χ0v) is 9.00. The second-order valence-corrected chi connectivity index (χ2v) is 5.04. The summed E-state index contributed by atoms with van der Waals surface area (Å²) < 4.78 is 0. The first-order valence-corrected chi connectivity index (χ1v) is 5.90. The third-order valence-electron chi connectivity index (χ3n) is 4.09. The van der Waals surface area contributed by atoms with Gasteiger partial charge >= 0.3 is 5.97 Å². The van der Waals surface area contributed by atoms with Crippen molar-refractivity contribution >= 4 is 11.8 Å². The molecule has 0 amide bonds. The Kier molecular flexibility index (Phi) is 2.81. The van der Waals surface area contributed by atoms with E-state index in [1.165, 1.54) is 12.8 Å². The van der Waals surface area contributed by atoms with Crippen LogP contribution in [0.2, 0.25) is 0 Å². The predicted octanol–water partition coefficient (Wildman–Crippen LogP) is 2.39. The molecule has 2 aliphatic rings. The average Bonchev–Trinajstić information content (AvgIpc) is 2.40. The fourth-order valence-electron chi connectivity index (χ4n) is 3.10. The molecule has 0 aromatic carbocycles. The van der Waals surface area contributed by atoms with Crippen molar-refractivity contribution in [3.8, 4) is 0 Å². The summed E-state index contributed by atoms with van der Waals surface area (Å²) in [7, 11) is 0. The van der Waals surface area contributed by atoms with Gasteiger partial charge in [0.05, 0.1) is 5.41 Å². The molecule has 0 aromatic rings. The summed E-state index contributed by atoms with van der Waals surface area (Å²) in [5.74, 6) is -0.370. The maximum absolute atomic E-state index is 11.3. The molecule has 0 aliphatic heterocycles. The fourth-order valence-corrected chi connectivity index (χ4v) is 3.10. The van der Waals surface area contributed by atoms with Crippen LogP contribution in [0.4, 0.5) is 0 Å². The summed E-state index contributed by atoms with van der Waals surface area (Å²) in [4.78, 5) is 22.4. The molecule has 0 saturated heterocycles. The number of carbonyl (C=O) groups is 2. The Bertz CT molecular complexity index is 267. The highest BCUT2D eigenvalue weighted by Gasteiger charge is 2.54. The molecular weight excluding hydrogens is 192 g/mol. The highest BCUT2D eigenvalue weighted by Crippen LogP contribution is 2.49. The molecule has 15 heavy (non-hydrogen) atoms. The molecule has 2 aliphatic carbocycles. The third-order valence-corrected chi connectivity index (χ3v) is 4.09. The second-order valence-electron chi connectivity index (χ2n) is 5.04. The van der Waals surface area contributed by atoms with Gasteiger partial charge in [0.25, 0.3) is 0 Å². The van der Waals surface area contributed by atoms with Gasteiger partial charge in [-0.2, -0.15) is 0 Å². The van der Waals surface area contributed by atoms with Crippen LogP contribution in [0.15, 0.2) is 0 Å². The lowest BCUT2D eigenvalue weighted by Crippen LogP contribution is -2.49. The van der Waals surface area contributed by atoms with Crippen molar-refractivity contribution in [1.82, 2.24) is 0 Å². The minimum absolute atomic E-state index is 0.127. The molecule has 1 N–H and O–H groups in total. The summed E-state index contributed by atoms with van der Waals surface area (Å²) >= 11 is 0. The molecule has 0 unspecified atom stereocenters. The highest BCUT2D eigenvalue weighted by molar-refractivity contribution is 5.97. The van der Waals surface area contributed by atoms with Crippen molar-refractivity contribution in [2.45, 2.75) is 51.4 Å². The standard InChI is InChI=1S/C12H18O3/c13-10-7-12(8-10,11(14)15)9-5-3-1-2-4-6-9/h9H,1-8H2,(H,14,15). The summed E-state index contributed by atoms with van der Waals surface area (Å²) in [6.07, 6.45) is 7.28. The van der Waals surface area contributed by atoms with Crippen molar-refractivity contribution in [1.29, 1.82) is 0 Å². The van der Waals surface area contributed by atoms with E-state index in [2.05, 4.69) is 0 Å². The summed E-state index contributed by atoms with van der Waals surface area (Å²) in [6, 6.07) is 0. The summed E-state index contributed by atoms with van der Waals surface area (Å²) in [5.41, 5.74) is -0.679. The van der Waals surface area contributed by atoms with E-state index in [0.717, 1.165) is 25.7 Å². The molecule has 84 valence electrons. The SMILES string of the molecule is O=C1CC(C(=O)O)(C2CCCCCC2)C1. The number of carboxylic acid groups (broad SMARTS) is 1. The number of ketones is 1. The van der Waals surface area contributed by atoms with E-state index >= 15 is 0 Å². The van der Waals surface area contributed by atoms with Gasteiger partial charge in [-0.15, -0.1) is 0 Å². The number of Topliss-reactive ketones (excluding diaryl/α,β-unsaturated/α-hetero) is 1. The normalized spacial score (nSPS) is 26.8. The molecule has 0 bridgehead atoms. The van der Waals surface area contributed by atoms with Gasteiger partial charge < -0.3 is 5.11 Å². The molecule has 2 rings (SSSR count). The first kappa shape index (κ1) is 10.7. The smallest absolute Gasteiger partial charge is 0.310 e. The molecule has 0 aromatic heterocycles. The van der Waals surface area contributed by atoms with Crippen molar-refractivity contribution in [2.24, 2.45) is 11.3 Å². The first-order chi connectivity index (χ1) is 7.15. The molecule has 2 saturated carbocycles. The van der Waals surface area contributed by atoms with Crippen molar-refractivity contribution in [3.05, 3.63) is 0 Å². The Labute approximate surface area is 89.9 Å². The van der Waals surface area contributed by atoms with Crippen molar-refractivity contribution in [3.63, 3.8) is 0 Å². The molecule has 0 radical (unpaired) electrons. The molecular formula is C12H18O3. The first-order valence-electron chi connectivity index (χ1n) is 5.90. The predicted molar refractivity (Wildman–Crippen MR) is 55.5 cm³/mol. The topological polar surface area (TPSA) is 54.4 Å². The van der Waals surface area contributed by atoms with Gasteiger partial charge in [-0.1, -0.05) is 25.7 Å². The number of hydrogen-bond acceptors (Lipinski definition) is 2. The van der Waals surface area contributed by atoms with Gasteiger partial charge in [0.2, 0.25) is 0 Å². The van der Waals surface area contributed by atoms with Gasteiger partial charge in [-0.05, 0) is 18.8 Å². The Hall–Kier alpha value is -0.860. The van der Waals surface area contributed by atoms with Crippen LogP contribution in [0.25, 0.3) is 0 Å². The van der Waals surface area contributed by atoms with Crippen LogP contribution in [0.5, 0.6) is 0 Å². The Balaban J connectivity index is 2.10. The van der Waals surface area contributed by atoms with Crippen LogP contribution in [0, 0.1) is 11.3 Å². The number of hydrogen-bond donors (Lipinski definition) is 1. The van der Waals surface area contributed by atoms with Crippen molar-refractivity contribution in [2.75, 3.05) is 0 Å². The quantitative estimate of drug-likeness (QED) is 0.712. The van der Waals surface area contributed by atoms with Crippen LogP contribution in [-0.2, 0) is 9.59 Å². The Morgan fingerprint density at radius 3 is 2.07 bits per heavy atom. The van der Waals surface area contributed by atoms with Crippen LogP contribution >= 0.6 is 0 Å². The van der Waals surface area contributed by atoms with Gasteiger partial charge in [0, 0.05) is 12.8 Å². The molecule has 0 spiro atoms. The van der Waals surface area contributed by atoms with Crippen LogP contribution in [0.3, 0.4) is 0 Å². The molecule has 3 heteroatoms. The zero-order chi connectivity index (χ0) is 10.9. The maximum atomic E-state index is 11.3. The number of rotatable bonds is 2. The van der Waals surface area contributed by atoms with Crippen LogP contribution < -0.4 is 0 Å². The third kappa shape index (κ3) is 1.80. The number of aliphatic carboxylic acids is 1. The van der Waals surface area contributed by atoms with E-state index in [1.54, 1.807) is 0 Å². The van der Waals surface area contributed by atoms with Gasteiger partial charge in [0.15, 0.2) is 0 Å². The molecule has 3 nitrogen and oxygen atoms in total. The lowest BCUT2D eigenvalue weighted by atomic mass is 9.58. The second kappa shape index (κ2) is 3.95. The Morgan fingerprint density at radius 2 is 1.67 bits per heavy atom. The van der Waals surface area contributed by atoms with E-state index in [1.807, 2.05) is 0 Å². The highest BCUT2D eigenvalue weighted by atomic mass is 16.4. The van der Waals surface area contributed by atoms with E-state index in [9.17, 15) is 14.7 Å². The van der Waals surface area contributed by atoms with E-state index in [4.69, 9.17) is 0 Å². The largest absolute Gasteiger partial charge is 0.481 e. The average molecular weight is 210 g/mol. The summed E-state index contributed by atoms with van der Waals surface area (Å²) in [5, 5.41) is 9.29. The lowest BCUT2D eigenvalue weighted by Gasteiger charge is -2.42. The zero-order valence-electron chi connectivity index (χ0n) is 9.00. The lowest BCUT2D eigenvalue weighted by molar-refractivity contribution is -0.166. The fraction of sp³-hybridized carbons (Fsp3) is 0.833. The molecule has 2 fully saturated rings. The van der Waals surface area contributed by atoms with Gasteiger partial charge in [0.1, 0.15) is 5.78 Å². The molecule has 0 atom stereocenters. The van der Waals surface area contributed by atoms with Crippen LogP contribution in [0.1, 0.15) is 51.4 Å². The summed E-state index contributed by atoms with van der Waals surface area (Å²) in [6.45, 7) is 0. The minimum Gasteiger partial charge on any atom is -0.481 e. The van der Waals surface area contributed by atoms with E-state index < -0.39 is 11.4 Å². The van der Waals surface area contributed by atoms with Crippen LogP contribution in [-0.4, -0.2) is 16.9 Å². The van der Waals surface area contributed by atoms with Crippen molar-refractivity contribution < 1.29 is 14.7 Å². The van der Waals surface area contributed by atoms with E-state index in [-0.39, 0.29) is 24.5 Å². The van der Waals surface area contributed by atoms with Gasteiger partial charge in [-0.3, -0.25) is 9.59 Å². The van der Waals surface area contributed by atoms with E-state index in [0.29, 0.717) is 0 Å². The van der Waals surface area contributed by atoms with Gasteiger partial charge in [-0.25, -0.2) is 0 Å². The number of carboxylic acids is 1. The number of carbonyl (C=O) groups excluding carboxylic acids is 1. The maximum Gasteiger partial charge on any atom is 0.310 e. The minimum atomic E-state index is -0.742. The monoisotopic (exact) mass is 210 g/mol.